The minimum Gasteiger partial charge on any atom is -0.326 e. The van der Waals surface area contributed by atoms with E-state index in [1.807, 2.05) is 25.1 Å². The number of pyridine rings is 1. The van der Waals surface area contributed by atoms with Gasteiger partial charge < -0.3 is 10.3 Å². The summed E-state index contributed by atoms with van der Waals surface area (Å²) in [5.74, 6) is -0.241. The average Bonchev–Trinajstić information content (AvgIpc) is 2.60. The van der Waals surface area contributed by atoms with Crippen molar-refractivity contribution in [3.63, 3.8) is 0 Å². The zero-order chi connectivity index (χ0) is 19.6. The summed E-state index contributed by atoms with van der Waals surface area (Å²) in [5, 5.41) is 3.40. The van der Waals surface area contributed by atoms with Gasteiger partial charge in [-0.3, -0.25) is 9.59 Å². The Kier molecular flexibility index (Phi) is 5.11. The number of hydrogen-bond donors (Lipinski definition) is 3. The first-order valence-electron chi connectivity index (χ1n) is 8.24. The molecule has 0 aliphatic rings. The Hall–Kier alpha value is -2.97. The van der Waals surface area contributed by atoms with E-state index >= 15 is 0 Å². The van der Waals surface area contributed by atoms with Gasteiger partial charge in [0.05, 0.1) is 4.90 Å². The van der Waals surface area contributed by atoms with Crippen molar-refractivity contribution in [2.75, 3.05) is 5.32 Å². The molecule has 3 rings (SSSR count). The number of aryl methyl sites for hydroxylation is 1. The summed E-state index contributed by atoms with van der Waals surface area (Å²) in [4.78, 5) is 26.1. The molecule has 2 aromatic carbocycles. The second kappa shape index (κ2) is 7.34. The predicted molar refractivity (Wildman–Crippen MR) is 104 cm³/mol. The van der Waals surface area contributed by atoms with Gasteiger partial charge in [0.25, 0.3) is 5.56 Å². The normalized spacial score (nSPS) is 11.5. The Bertz CT molecular complexity index is 1170. The topological polar surface area (TPSA) is 108 Å². The van der Waals surface area contributed by atoms with Crippen molar-refractivity contribution in [2.24, 2.45) is 0 Å². The number of carbonyl (C=O) groups is 1. The number of aromatic amines is 1. The van der Waals surface area contributed by atoms with Crippen LogP contribution in [0.3, 0.4) is 0 Å². The van der Waals surface area contributed by atoms with E-state index in [1.165, 1.54) is 31.2 Å². The van der Waals surface area contributed by atoms with Crippen LogP contribution in [0.25, 0.3) is 10.9 Å². The maximum Gasteiger partial charge on any atom is 0.252 e. The molecular formula is C19H19N3O4S. The lowest BCUT2D eigenvalue weighted by Gasteiger charge is -2.09. The summed E-state index contributed by atoms with van der Waals surface area (Å²) < 4.78 is 27.3. The molecule has 0 aliphatic carbocycles. The fourth-order valence-corrected chi connectivity index (χ4v) is 3.67. The molecule has 0 bridgehead atoms. The number of hydrogen-bond acceptors (Lipinski definition) is 4. The lowest BCUT2D eigenvalue weighted by molar-refractivity contribution is -0.114. The van der Waals surface area contributed by atoms with Gasteiger partial charge in [-0.15, -0.1) is 0 Å². The first-order valence-corrected chi connectivity index (χ1v) is 9.73. The third-order valence-electron chi connectivity index (χ3n) is 4.02. The summed E-state index contributed by atoms with van der Waals surface area (Å²) in [7, 11) is -3.80. The van der Waals surface area contributed by atoms with Crippen molar-refractivity contribution in [1.29, 1.82) is 0 Å². The van der Waals surface area contributed by atoms with Crippen LogP contribution >= 0.6 is 0 Å². The van der Waals surface area contributed by atoms with Crippen LogP contribution in [0.1, 0.15) is 18.1 Å². The standard InChI is InChI=1S/C19H19N3O4S/c1-12-3-4-14-10-15(19(24)22-18(14)9-12)11-20-27(25,26)17-7-5-16(6-8-17)21-13(2)23/h3-10,20H,11H2,1-2H3,(H,21,23)(H,22,24). The fraction of sp³-hybridized carbons (Fsp3) is 0.158. The Morgan fingerprint density at radius 2 is 1.78 bits per heavy atom. The number of nitrogens with one attached hydrogen (secondary N) is 3. The van der Waals surface area contributed by atoms with Crippen molar-refractivity contribution in [3.05, 3.63) is 70.0 Å². The van der Waals surface area contributed by atoms with E-state index < -0.39 is 10.0 Å². The van der Waals surface area contributed by atoms with Crippen LogP contribution < -0.4 is 15.6 Å². The number of benzene rings is 2. The van der Waals surface area contributed by atoms with Crippen LogP contribution in [0.2, 0.25) is 0 Å². The molecule has 0 saturated carbocycles. The summed E-state index contributed by atoms with van der Waals surface area (Å²) >= 11 is 0. The lowest BCUT2D eigenvalue weighted by Crippen LogP contribution is -2.27. The molecule has 0 fully saturated rings. The van der Waals surface area contributed by atoms with Crippen molar-refractivity contribution < 1.29 is 13.2 Å². The highest BCUT2D eigenvalue weighted by Crippen LogP contribution is 2.16. The Morgan fingerprint density at radius 3 is 2.44 bits per heavy atom. The maximum atomic E-state index is 12.4. The van der Waals surface area contributed by atoms with Crippen LogP contribution in [-0.2, 0) is 21.4 Å². The van der Waals surface area contributed by atoms with E-state index in [0.717, 1.165) is 10.9 Å². The monoisotopic (exact) mass is 385 g/mol. The molecule has 0 saturated heterocycles. The second-order valence-electron chi connectivity index (χ2n) is 6.24. The molecule has 0 unspecified atom stereocenters. The molecular weight excluding hydrogens is 366 g/mol. The van der Waals surface area contributed by atoms with Gasteiger partial charge in [0.2, 0.25) is 15.9 Å². The molecule has 1 amide bonds. The smallest absolute Gasteiger partial charge is 0.252 e. The summed E-state index contributed by atoms with van der Waals surface area (Å²) in [6.45, 7) is 3.17. The van der Waals surface area contributed by atoms with Gasteiger partial charge in [-0.05, 0) is 54.3 Å². The van der Waals surface area contributed by atoms with E-state index in [9.17, 15) is 18.0 Å². The zero-order valence-electron chi connectivity index (χ0n) is 14.9. The molecule has 7 nitrogen and oxygen atoms in total. The molecule has 140 valence electrons. The first-order chi connectivity index (χ1) is 12.7. The van der Waals surface area contributed by atoms with Crippen LogP contribution in [0.4, 0.5) is 5.69 Å². The van der Waals surface area contributed by atoms with Crippen molar-refractivity contribution in [1.82, 2.24) is 9.71 Å². The second-order valence-corrected chi connectivity index (χ2v) is 8.01. The van der Waals surface area contributed by atoms with Gasteiger partial charge in [0.15, 0.2) is 0 Å². The minimum absolute atomic E-state index is 0.0458. The van der Waals surface area contributed by atoms with E-state index in [1.54, 1.807) is 6.07 Å². The van der Waals surface area contributed by atoms with E-state index in [2.05, 4.69) is 15.0 Å². The molecule has 27 heavy (non-hydrogen) atoms. The van der Waals surface area contributed by atoms with Crippen LogP contribution in [0.15, 0.2) is 58.2 Å². The van der Waals surface area contributed by atoms with E-state index in [-0.39, 0.29) is 22.9 Å². The van der Waals surface area contributed by atoms with Crippen molar-refractivity contribution in [2.45, 2.75) is 25.3 Å². The quantitative estimate of drug-likeness (QED) is 0.626. The number of sulfonamides is 1. The number of amides is 1. The third-order valence-corrected chi connectivity index (χ3v) is 5.43. The lowest BCUT2D eigenvalue weighted by atomic mass is 10.1. The first kappa shape index (κ1) is 18.8. The van der Waals surface area contributed by atoms with Gasteiger partial charge in [-0.2, -0.15) is 0 Å². The highest BCUT2D eigenvalue weighted by atomic mass is 32.2. The molecule has 1 aromatic heterocycles. The van der Waals surface area contributed by atoms with E-state index in [0.29, 0.717) is 16.8 Å². The number of aromatic nitrogens is 1. The number of H-pyrrole nitrogens is 1. The van der Waals surface area contributed by atoms with Crippen LogP contribution in [0, 0.1) is 6.92 Å². The predicted octanol–water partition coefficient (Wildman–Crippen LogP) is 2.27. The van der Waals surface area contributed by atoms with Crippen molar-refractivity contribution in [3.8, 4) is 0 Å². The zero-order valence-corrected chi connectivity index (χ0v) is 15.7. The Balaban J connectivity index is 1.80. The maximum absolute atomic E-state index is 12.4. The number of carbonyl (C=O) groups excluding carboxylic acids is 1. The number of anilines is 1. The molecule has 1 heterocycles. The SMILES string of the molecule is CC(=O)Nc1ccc(S(=O)(=O)NCc2cc3ccc(C)cc3[nH]c2=O)cc1. The largest absolute Gasteiger partial charge is 0.326 e. The van der Waals surface area contributed by atoms with Gasteiger partial charge in [0.1, 0.15) is 0 Å². The molecule has 0 aliphatic heterocycles. The minimum atomic E-state index is -3.80. The highest BCUT2D eigenvalue weighted by molar-refractivity contribution is 7.89. The molecule has 0 atom stereocenters. The molecule has 3 N–H and O–H groups in total. The van der Waals surface area contributed by atoms with Gasteiger partial charge >= 0.3 is 0 Å². The molecule has 0 radical (unpaired) electrons. The summed E-state index contributed by atoms with van der Waals surface area (Å²) in [5.41, 5.74) is 2.22. The van der Waals surface area contributed by atoms with Gasteiger partial charge in [-0.25, -0.2) is 13.1 Å². The number of fused-ring (bicyclic) bond motifs is 1. The highest BCUT2D eigenvalue weighted by Gasteiger charge is 2.15. The fourth-order valence-electron chi connectivity index (χ4n) is 2.67. The molecule has 0 spiro atoms. The molecule has 3 aromatic rings. The van der Waals surface area contributed by atoms with Gasteiger partial charge in [-0.1, -0.05) is 12.1 Å². The van der Waals surface area contributed by atoms with E-state index in [4.69, 9.17) is 0 Å². The Morgan fingerprint density at radius 1 is 1.07 bits per heavy atom. The van der Waals surface area contributed by atoms with Crippen LogP contribution in [0.5, 0.6) is 0 Å². The van der Waals surface area contributed by atoms with Gasteiger partial charge in [0, 0.05) is 30.2 Å². The average molecular weight is 385 g/mol. The molecule has 8 heteroatoms. The van der Waals surface area contributed by atoms with Crippen molar-refractivity contribution >= 4 is 32.5 Å². The summed E-state index contributed by atoms with van der Waals surface area (Å²) in [6, 6.07) is 13.1. The summed E-state index contributed by atoms with van der Waals surface area (Å²) in [6.07, 6.45) is 0. The Labute approximate surface area is 156 Å². The third kappa shape index (κ3) is 4.42. The van der Waals surface area contributed by atoms with Crippen LogP contribution in [-0.4, -0.2) is 19.3 Å². The number of rotatable bonds is 5.